The van der Waals surface area contributed by atoms with E-state index in [2.05, 4.69) is 17.4 Å². The van der Waals surface area contributed by atoms with Crippen molar-refractivity contribution in [2.75, 3.05) is 0 Å². The van der Waals surface area contributed by atoms with Crippen molar-refractivity contribution >= 4 is 0 Å². The predicted octanol–water partition coefficient (Wildman–Crippen LogP) is 1.89. The summed E-state index contributed by atoms with van der Waals surface area (Å²) in [6.45, 7) is 0. The van der Waals surface area contributed by atoms with Gasteiger partial charge in [-0.1, -0.05) is 0 Å². The fourth-order valence-electron chi connectivity index (χ4n) is 1.52. The van der Waals surface area contributed by atoms with Crippen LogP contribution in [0.3, 0.4) is 0 Å². The highest BCUT2D eigenvalue weighted by molar-refractivity contribution is 5.25. The first-order valence-corrected chi connectivity index (χ1v) is 3.61. The van der Waals surface area contributed by atoms with Crippen LogP contribution < -0.4 is 0 Å². The Morgan fingerprint density at radius 1 is 1.00 bits per heavy atom. The number of rotatable bonds is 0. The molecule has 0 saturated carbocycles. The zero-order valence-corrected chi connectivity index (χ0v) is 5.48. The van der Waals surface area contributed by atoms with E-state index in [1.165, 1.54) is 25.7 Å². The lowest BCUT2D eigenvalue weighted by molar-refractivity contribution is 0.690. The Labute approximate surface area is 55.1 Å². The Morgan fingerprint density at radius 3 is 2.11 bits per heavy atom. The molecule has 1 aromatic rings. The summed E-state index contributed by atoms with van der Waals surface area (Å²) in [6, 6.07) is 0. The van der Waals surface area contributed by atoms with Gasteiger partial charge in [-0.05, 0) is 36.8 Å². The summed E-state index contributed by atoms with van der Waals surface area (Å²) in [4.78, 5) is 3.14. The Balaban J connectivity index is 2.39. The molecule has 0 saturated heterocycles. The molecular weight excluding hydrogens is 111 g/mol. The molecule has 0 aliphatic heterocycles. The third-order valence-corrected chi connectivity index (χ3v) is 2.07. The summed E-state index contributed by atoms with van der Waals surface area (Å²) < 4.78 is 0. The van der Waals surface area contributed by atoms with Crippen LogP contribution >= 0.6 is 0 Å². The van der Waals surface area contributed by atoms with Gasteiger partial charge in [-0.2, -0.15) is 0 Å². The van der Waals surface area contributed by atoms with E-state index in [-0.39, 0.29) is 0 Å². The van der Waals surface area contributed by atoms with Gasteiger partial charge in [0, 0.05) is 12.4 Å². The van der Waals surface area contributed by atoms with Gasteiger partial charge >= 0.3 is 0 Å². The maximum Gasteiger partial charge on any atom is 0.00401 e. The van der Waals surface area contributed by atoms with Gasteiger partial charge in [0.1, 0.15) is 0 Å². The first kappa shape index (κ1) is 5.10. The topological polar surface area (TPSA) is 15.8 Å². The van der Waals surface area contributed by atoms with E-state index >= 15 is 0 Å². The molecule has 0 unspecified atom stereocenters. The molecule has 0 spiro atoms. The quantitative estimate of drug-likeness (QED) is 0.541. The first-order chi connectivity index (χ1) is 4.47. The van der Waals surface area contributed by atoms with Crippen molar-refractivity contribution in [1.82, 2.24) is 4.98 Å². The molecule has 48 valence electrons. The highest BCUT2D eigenvalue weighted by Crippen LogP contribution is 2.19. The molecule has 2 rings (SSSR count). The molecular formula is C8H11N. The van der Waals surface area contributed by atoms with Crippen LogP contribution in [0, 0.1) is 0 Å². The van der Waals surface area contributed by atoms with E-state index < -0.39 is 0 Å². The van der Waals surface area contributed by atoms with Gasteiger partial charge in [-0.25, -0.2) is 0 Å². The standard InChI is InChI=1S/C8H11N/c1-2-4-8-6-9-5-7(8)3-1/h5-6,9H,1-4H2/i9+1. The minimum absolute atomic E-state index is 1.29. The Hall–Kier alpha value is -0.720. The van der Waals surface area contributed by atoms with Gasteiger partial charge in [-0.3, -0.25) is 0 Å². The van der Waals surface area contributed by atoms with E-state index in [1.807, 2.05) is 0 Å². The smallest absolute Gasteiger partial charge is 0.00401 e. The fourth-order valence-corrected chi connectivity index (χ4v) is 1.52. The third-order valence-electron chi connectivity index (χ3n) is 2.07. The number of hydrogen-bond donors (Lipinski definition) is 1. The van der Waals surface area contributed by atoms with Crippen LogP contribution in [0.1, 0.15) is 24.0 Å². The maximum atomic E-state index is 3.14. The van der Waals surface area contributed by atoms with Gasteiger partial charge in [0.15, 0.2) is 0 Å². The minimum atomic E-state index is 1.29. The minimum Gasteiger partial charge on any atom is -0.367 e. The van der Waals surface area contributed by atoms with Crippen molar-refractivity contribution in [3.63, 3.8) is 0 Å². The second-order valence-corrected chi connectivity index (χ2v) is 2.71. The average molecular weight is 122 g/mol. The summed E-state index contributed by atoms with van der Waals surface area (Å²) in [6.07, 6.45) is 9.61. The largest absolute Gasteiger partial charge is 0.367 e. The number of aromatic nitrogens is 1. The molecule has 9 heavy (non-hydrogen) atoms. The van der Waals surface area contributed by atoms with Crippen LogP contribution in [0.2, 0.25) is 0 Å². The fraction of sp³-hybridized carbons (Fsp3) is 0.500. The van der Waals surface area contributed by atoms with E-state index in [9.17, 15) is 0 Å². The molecule has 1 aliphatic carbocycles. The zero-order chi connectivity index (χ0) is 6.10. The van der Waals surface area contributed by atoms with Gasteiger partial charge in [0.05, 0.1) is 0 Å². The molecule has 1 aliphatic rings. The normalized spacial score (nSPS) is 17.3. The molecule has 0 atom stereocenters. The monoisotopic (exact) mass is 122 g/mol. The predicted molar refractivity (Wildman–Crippen MR) is 37.4 cm³/mol. The molecule has 1 N–H and O–H groups in total. The van der Waals surface area contributed by atoms with Gasteiger partial charge in [0.2, 0.25) is 0 Å². The van der Waals surface area contributed by atoms with Crippen LogP contribution in [-0.2, 0) is 12.8 Å². The van der Waals surface area contributed by atoms with Crippen molar-refractivity contribution in [2.45, 2.75) is 25.7 Å². The Bertz CT molecular complexity index is 180. The molecule has 1 heterocycles. The first-order valence-electron chi connectivity index (χ1n) is 3.61. The van der Waals surface area contributed by atoms with Crippen LogP contribution in [-0.4, -0.2) is 4.98 Å². The average Bonchev–Trinajstić information content (AvgIpc) is 2.33. The lowest BCUT2D eigenvalue weighted by Crippen LogP contribution is -1.97. The lowest BCUT2D eigenvalue weighted by Gasteiger charge is -2.08. The summed E-state index contributed by atoms with van der Waals surface area (Å²) in [5.74, 6) is 0. The second kappa shape index (κ2) is 1.90. The number of nitrogens with one attached hydrogen (secondary N) is 1. The summed E-state index contributed by atoms with van der Waals surface area (Å²) >= 11 is 0. The van der Waals surface area contributed by atoms with Crippen molar-refractivity contribution in [3.8, 4) is 0 Å². The molecule has 0 radical (unpaired) electrons. The van der Waals surface area contributed by atoms with Crippen molar-refractivity contribution in [1.29, 1.82) is 0 Å². The highest BCUT2D eigenvalue weighted by atomic mass is 15.4. The molecule has 0 fully saturated rings. The molecule has 0 bridgehead atoms. The summed E-state index contributed by atoms with van der Waals surface area (Å²) in [5, 5.41) is 0. The van der Waals surface area contributed by atoms with E-state index in [0.29, 0.717) is 0 Å². The highest BCUT2D eigenvalue weighted by Gasteiger charge is 2.07. The summed E-state index contributed by atoms with van der Waals surface area (Å²) in [5.41, 5.74) is 3.09. The van der Waals surface area contributed by atoms with Crippen molar-refractivity contribution in [3.05, 3.63) is 23.5 Å². The van der Waals surface area contributed by atoms with E-state index in [1.54, 1.807) is 11.1 Å². The number of fused-ring (bicyclic) bond motifs is 1. The molecule has 1 nitrogen and oxygen atoms in total. The summed E-state index contributed by atoms with van der Waals surface area (Å²) in [7, 11) is 0. The molecule has 0 aromatic carbocycles. The van der Waals surface area contributed by atoms with E-state index in [0.717, 1.165) is 0 Å². The third kappa shape index (κ3) is 0.766. The second-order valence-electron chi connectivity index (χ2n) is 2.71. The molecule has 1 aromatic heterocycles. The lowest BCUT2D eigenvalue weighted by atomic mass is 9.96. The van der Waals surface area contributed by atoms with Gasteiger partial charge in [-0.15, -0.1) is 0 Å². The Morgan fingerprint density at radius 2 is 1.56 bits per heavy atom. The van der Waals surface area contributed by atoms with Crippen LogP contribution in [0.15, 0.2) is 12.4 Å². The maximum absolute atomic E-state index is 3.14. The SMILES string of the molecule is c1[15nH]cc2c1CCCC2. The number of aromatic amines is 1. The van der Waals surface area contributed by atoms with Crippen LogP contribution in [0.25, 0.3) is 0 Å². The number of H-pyrrole nitrogens is 1. The van der Waals surface area contributed by atoms with Crippen LogP contribution in [0.4, 0.5) is 0 Å². The number of aryl methyl sites for hydroxylation is 2. The van der Waals surface area contributed by atoms with E-state index in [4.69, 9.17) is 0 Å². The van der Waals surface area contributed by atoms with Crippen molar-refractivity contribution < 1.29 is 0 Å². The van der Waals surface area contributed by atoms with Crippen molar-refractivity contribution in [2.24, 2.45) is 0 Å². The number of hydrogen-bond acceptors (Lipinski definition) is 0. The zero-order valence-electron chi connectivity index (χ0n) is 5.48. The molecule has 0 amide bonds. The molecule has 1 heteroatoms. The van der Waals surface area contributed by atoms with Crippen LogP contribution in [0.5, 0.6) is 0 Å². The Kier molecular flexibility index (Phi) is 1.08. The van der Waals surface area contributed by atoms with Gasteiger partial charge < -0.3 is 4.98 Å². The van der Waals surface area contributed by atoms with Gasteiger partial charge in [0.25, 0.3) is 0 Å².